The number of carbonyl (C=O) groups is 1. The van der Waals surface area contributed by atoms with Gasteiger partial charge in [0.1, 0.15) is 29.2 Å². The first-order valence-electron chi connectivity index (χ1n) is 11.7. The topological polar surface area (TPSA) is 89.3 Å². The van der Waals surface area contributed by atoms with Crippen molar-refractivity contribution in [2.24, 2.45) is 7.05 Å². The van der Waals surface area contributed by atoms with Crippen molar-refractivity contribution in [2.75, 3.05) is 18.4 Å². The molecule has 192 valence electrons. The van der Waals surface area contributed by atoms with Crippen LogP contribution in [0.2, 0.25) is 0 Å². The number of likely N-dealkylation sites (tertiary alicyclic amines) is 1. The van der Waals surface area contributed by atoms with Gasteiger partial charge in [0, 0.05) is 32.5 Å². The number of halogens is 3. The van der Waals surface area contributed by atoms with Gasteiger partial charge in [-0.2, -0.15) is 0 Å². The number of alkyl halides is 2. The highest BCUT2D eigenvalue weighted by molar-refractivity contribution is 6.58. The van der Waals surface area contributed by atoms with E-state index in [0.29, 0.717) is 5.39 Å². The normalized spacial score (nSPS) is 18.8. The average Bonchev–Trinajstić information content (AvgIpc) is 3.25. The van der Waals surface area contributed by atoms with Crippen molar-refractivity contribution in [3.05, 3.63) is 63.5 Å². The molecule has 38 heavy (non-hydrogen) atoms. The van der Waals surface area contributed by atoms with Crippen LogP contribution in [0.15, 0.2) is 35.4 Å². The Labute approximate surface area is 221 Å². The van der Waals surface area contributed by atoms with E-state index < -0.39 is 40.3 Å². The minimum absolute atomic E-state index is 0.00600. The van der Waals surface area contributed by atoms with E-state index in [1.807, 2.05) is 0 Å². The first-order chi connectivity index (χ1) is 17.7. The second-order valence-electron chi connectivity index (χ2n) is 9.44. The van der Waals surface area contributed by atoms with Crippen molar-refractivity contribution in [3.8, 4) is 0 Å². The van der Waals surface area contributed by atoms with Crippen LogP contribution in [0.25, 0.3) is 11.0 Å². The number of carbonyl (C=O) groups excluding carboxylic acids is 1. The molecule has 0 spiro atoms. The molecule has 4 rings (SSSR count). The zero-order valence-electron chi connectivity index (χ0n) is 21.0. The van der Waals surface area contributed by atoms with Crippen LogP contribution >= 0.6 is 0 Å². The van der Waals surface area contributed by atoms with Crippen LogP contribution in [0.3, 0.4) is 0 Å². The molecule has 0 bridgehead atoms. The summed E-state index contributed by atoms with van der Waals surface area (Å²) < 4.78 is 48.4. The summed E-state index contributed by atoms with van der Waals surface area (Å²) in [5.41, 5.74) is -2.28. The first kappa shape index (κ1) is 27.8. The lowest BCUT2D eigenvalue weighted by molar-refractivity contribution is -0.129. The highest BCUT2D eigenvalue weighted by atomic mass is 19.3. The number of anilines is 1. The van der Waals surface area contributed by atoms with Gasteiger partial charge in [-0.15, -0.1) is 0 Å². The highest BCUT2D eigenvalue weighted by Crippen LogP contribution is 2.38. The Morgan fingerprint density at radius 2 is 1.92 bits per heavy atom. The van der Waals surface area contributed by atoms with Gasteiger partial charge in [0.2, 0.25) is 5.91 Å². The van der Waals surface area contributed by atoms with Gasteiger partial charge in [-0.3, -0.25) is 14.2 Å². The number of nitrogens with one attached hydrogen (secondary N) is 1. The highest BCUT2D eigenvalue weighted by Gasteiger charge is 2.46. The number of aryl methyl sites for hydroxylation is 1. The Hall–Kier alpha value is -3.28. The second-order valence-corrected chi connectivity index (χ2v) is 9.44. The second kappa shape index (κ2) is 10.1. The maximum Gasteiger partial charge on any atom is 0.266 e. The third kappa shape index (κ3) is 5.18. The predicted octanol–water partition coefficient (Wildman–Crippen LogP) is 2.16. The Balaban J connectivity index is 1.84. The molecule has 0 saturated carbocycles. The molecule has 1 aromatic carbocycles. The summed E-state index contributed by atoms with van der Waals surface area (Å²) in [5, 5.41) is 1.26. The summed E-state index contributed by atoms with van der Waals surface area (Å²) in [5.74, 6) is -1.06. The number of hydrogen-bond acceptors (Lipinski definition) is 6. The van der Waals surface area contributed by atoms with Crippen molar-refractivity contribution in [2.45, 2.75) is 43.6 Å². The summed E-state index contributed by atoms with van der Waals surface area (Å²) in [6.07, 6.45) is -1.58. The van der Waals surface area contributed by atoms with E-state index in [0.717, 1.165) is 6.07 Å². The Bertz CT molecular complexity index is 1450. The van der Waals surface area contributed by atoms with Crippen LogP contribution in [0.4, 0.5) is 19.0 Å². The fourth-order valence-corrected chi connectivity index (χ4v) is 4.81. The molecule has 1 aliphatic heterocycles. The zero-order valence-corrected chi connectivity index (χ0v) is 21.0. The van der Waals surface area contributed by atoms with Crippen LogP contribution in [-0.2, 0) is 22.2 Å². The number of ether oxygens (including phenoxy) is 1. The molecule has 1 N–H and O–H groups in total. The van der Waals surface area contributed by atoms with Gasteiger partial charge in [0.25, 0.3) is 12.0 Å². The Morgan fingerprint density at radius 3 is 2.53 bits per heavy atom. The van der Waals surface area contributed by atoms with E-state index in [9.17, 15) is 22.8 Å². The monoisotopic (exact) mass is 519 g/mol. The lowest BCUT2D eigenvalue weighted by Gasteiger charge is -2.38. The number of rotatable bonds is 7. The summed E-state index contributed by atoms with van der Waals surface area (Å²) in [4.78, 5) is 35.5. The minimum Gasteiger partial charge on any atom is -0.390 e. The molecule has 1 aliphatic rings. The van der Waals surface area contributed by atoms with Crippen molar-refractivity contribution >= 4 is 46.3 Å². The number of fused-ring (bicyclic) bond motifs is 1. The molecule has 1 saturated heterocycles. The first-order valence-corrected chi connectivity index (χ1v) is 11.7. The summed E-state index contributed by atoms with van der Waals surface area (Å²) in [6.45, 7) is 3.20. The minimum atomic E-state index is -2.98. The quantitative estimate of drug-likeness (QED) is 0.482. The molecule has 14 heteroatoms. The van der Waals surface area contributed by atoms with E-state index in [-0.39, 0.29) is 48.0 Å². The molecule has 3 heterocycles. The SMILES string of the molecule is [B]C([B])([B])O[C@]1(c2cc3c(N[C@H](C)c4cccc(C(F)F)c4F)ncnc3n(C)c2=O)CCN(C(C)=O)C1. The summed E-state index contributed by atoms with van der Waals surface area (Å²) in [6, 6.07) is 4.47. The molecule has 2 atom stereocenters. The summed E-state index contributed by atoms with van der Waals surface area (Å²) >= 11 is 0. The molecule has 2 aromatic heterocycles. The molecule has 0 aliphatic carbocycles. The molecule has 1 fully saturated rings. The van der Waals surface area contributed by atoms with Gasteiger partial charge < -0.3 is 15.0 Å². The fraction of sp³-hybridized carbons (Fsp3) is 0.417. The van der Waals surface area contributed by atoms with Crippen molar-refractivity contribution < 1.29 is 22.7 Å². The van der Waals surface area contributed by atoms with Crippen LogP contribution < -0.4 is 10.9 Å². The smallest absolute Gasteiger partial charge is 0.266 e. The molecule has 6 radical (unpaired) electrons. The molecular formula is C24H23B3F3N5O3. The lowest BCUT2D eigenvalue weighted by Crippen LogP contribution is -2.49. The molecular weight excluding hydrogens is 496 g/mol. The zero-order chi connectivity index (χ0) is 28.0. The average molecular weight is 519 g/mol. The van der Waals surface area contributed by atoms with E-state index >= 15 is 0 Å². The van der Waals surface area contributed by atoms with Gasteiger partial charge in [0.15, 0.2) is 0 Å². The lowest BCUT2D eigenvalue weighted by atomic mass is 9.52. The van der Waals surface area contributed by atoms with Crippen molar-refractivity contribution in [1.29, 1.82) is 0 Å². The predicted molar refractivity (Wildman–Crippen MR) is 138 cm³/mol. The molecule has 3 aromatic rings. The summed E-state index contributed by atoms with van der Waals surface area (Å²) in [7, 11) is 18.8. The maximum absolute atomic E-state index is 14.8. The van der Waals surface area contributed by atoms with Crippen LogP contribution in [-0.4, -0.2) is 67.3 Å². The van der Waals surface area contributed by atoms with Crippen LogP contribution in [0.5, 0.6) is 0 Å². The molecule has 1 amide bonds. The standard InChI is InChI=1S/C24H23B3F3N5O3/c1-12(14-5-4-6-15(18(14)28)19(29)30)33-20-16-9-17(22(37)34(3)21(16)32-11-31-20)23(38-24(25,26)27)7-8-35(10-23)13(2)36/h4-6,9,11-12,19H,7-8,10H2,1-3H3,(H,31,32,33)/t12-,23-/m1/s1. The molecule has 8 nitrogen and oxygen atoms in total. The van der Waals surface area contributed by atoms with E-state index in [1.165, 1.54) is 48.0 Å². The van der Waals surface area contributed by atoms with Crippen LogP contribution in [0, 0.1) is 5.82 Å². The fourth-order valence-electron chi connectivity index (χ4n) is 4.81. The van der Waals surface area contributed by atoms with Crippen molar-refractivity contribution in [3.63, 3.8) is 0 Å². The van der Waals surface area contributed by atoms with E-state index in [1.54, 1.807) is 6.92 Å². The van der Waals surface area contributed by atoms with E-state index in [4.69, 9.17) is 28.3 Å². The third-order valence-electron chi connectivity index (χ3n) is 6.66. The number of amides is 1. The Morgan fingerprint density at radius 1 is 1.24 bits per heavy atom. The van der Waals surface area contributed by atoms with Crippen LogP contribution in [0.1, 0.15) is 49.4 Å². The maximum atomic E-state index is 14.8. The third-order valence-corrected chi connectivity index (χ3v) is 6.66. The van der Waals surface area contributed by atoms with Gasteiger partial charge in [-0.05, 0) is 18.3 Å². The van der Waals surface area contributed by atoms with E-state index in [2.05, 4.69) is 15.3 Å². The Kier molecular flexibility index (Phi) is 7.39. The van der Waals surface area contributed by atoms with Crippen molar-refractivity contribution in [1.82, 2.24) is 19.4 Å². The number of pyridine rings is 1. The van der Waals surface area contributed by atoms with Gasteiger partial charge in [-0.25, -0.2) is 23.1 Å². The molecule has 0 unspecified atom stereocenters. The number of hydrogen-bond donors (Lipinski definition) is 1. The largest absolute Gasteiger partial charge is 0.390 e. The number of nitrogens with zero attached hydrogens (tertiary/aromatic N) is 4. The number of benzene rings is 1. The van der Waals surface area contributed by atoms with Gasteiger partial charge >= 0.3 is 0 Å². The van der Waals surface area contributed by atoms with Gasteiger partial charge in [0.05, 0.1) is 52.6 Å². The number of aromatic nitrogens is 3. The van der Waals surface area contributed by atoms with Gasteiger partial charge in [-0.1, -0.05) is 18.2 Å².